The molecule has 0 atom stereocenters. The molecule has 0 aliphatic carbocycles. The van der Waals surface area contributed by atoms with E-state index in [0.29, 0.717) is 5.92 Å². The molecule has 4 heteroatoms. The maximum absolute atomic E-state index is 4.78. The normalized spacial score (nSPS) is 16.5. The molecule has 1 aromatic carbocycles. The number of benzene rings is 1. The minimum absolute atomic E-state index is 0.670. The van der Waals surface area contributed by atoms with Crippen molar-refractivity contribution in [3.05, 3.63) is 23.2 Å². The van der Waals surface area contributed by atoms with Gasteiger partial charge in [-0.25, -0.2) is 4.98 Å². The monoisotopic (exact) mass is 275 g/mol. The van der Waals surface area contributed by atoms with E-state index in [1.807, 2.05) is 11.3 Å². The van der Waals surface area contributed by atoms with Gasteiger partial charge in [-0.15, -0.1) is 11.3 Å². The van der Waals surface area contributed by atoms with Crippen LogP contribution in [0.1, 0.15) is 18.9 Å². The smallest absolute Gasteiger partial charge is 0.0941 e. The van der Waals surface area contributed by atoms with Gasteiger partial charge in [0.25, 0.3) is 0 Å². The van der Waals surface area contributed by atoms with Gasteiger partial charge in [0.2, 0.25) is 0 Å². The van der Waals surface area contributed by atoms with E-state index in [1.54, 1.807) is 0 Å². The molecular formula is C15H21N3S. The third-order valence-corrected chi connectivity index (χ3v) is 4.60. The first-order valence-electron chi connectivity index (χ1n) is 7.08. The number of nitrogens with zero attached hydrogens (tertiary/aromatic N) is 2. The molecule has 0 unspecified atom stereocenters. The maximum Gasteiger partial charge on any atom is 0.0941 e. The third kappa shape index (κ3) is 2.74. The molecule has 19 heavy (non-hydrogen) atoms. The molecule has 0 spiro atoms. The van der Waals surface area contributed by atoms with Gasteiger partial charge in [0.05, 0.1) is 20.9 Å². The first-order chi connectivity index (χ1) is 9.24. The van der Waals surface area contributed by atoms with Crippen molar-refractivity contribution in [1.82, 2.24) is 10.3 Å². The summed E-state index contributed by atoms with van der Waals surface area (Å²) in [7, 11) is 0. The number of thiazole rings is 1. The van der Waals surface area contributed by atoms with Crippen molar-refractivity contribution < 1.29 is 0 Å². The fraction of sp³-hybridized carbons (Fsp3) is 0.533. The predicted molar refractivity (Wildman–Crippen MR) is 83.2 cm³/mol. The van der Waals surface area contributed by atoms with Gasteiger partial charge in [-0.1, -0.05) is 19.9 Å². The van der Waals surface area contributed by atoms with Crippen molar-refractivity contribution in [3.8, 4) is 0 Å². The lowest BCUT2D eigenvalue weighted by atomic mass is 10.1. The molecule has 2 heterocycles. The predicted octanol–water partition coefficient (Wildman–Crippen LogP) is 2.90. The van der Waals surface area contributed by atoms with Crippen molar-refractivity contribution in [2.45, 2.75) is 20.3 Å². The summed E-state index contributed by atoms with van der Waals surface area (Å²) < 4.78 is 1.36. The minimum atomic E-state index is 0.670. The van der Waals surface area contributed by atoms with Crippen molar-refractivity contribution in [1.29, 1.82) is 0 Å². The van der Waals surface area contributed by atoms with Crippen LogP contribution in [0.2, 0.25) is 0 Å². The minimum Gasteiger partial charge on any atom is -0.368 e. The standard InChI is InChI=1S/C15H21N3S/c1-11(2)10-14-17-12-4-3-5-13(15(12)19-14)18-8-6-16-7-9-18/h3-5,11,16H,6-10H2,1-2H3. The molecule has 1 N–H and O–H groups in total. The first kappa shape index (κ1) is 12.9. The fourth-order valence-corrected chi connectivity index (χ4v) is 3.89. The molecule has 1 aromatic heterocycles. The summed E-state index contributed by atoms with van der Waals surface area (Å²) in [5, 5.41) is 4.68. The largest absolute Gasteiger partial charge is 0.368 e. The lowest BCUT2D eigenvalue weighted by Crippen LogP contribution is -2.43. The van der Waals surface area contributed by atoms with Crippen LogP contribution in [0.5, 0.6) is 0 Å². The van der Waals surface area contributed by atoms with Crippen LogP contribution in [0.15, 0.2) is 18.2 Å². The second-order valence-electron chi connectivity index (χ2n) is 5.57. The highest BCUT2D eigenvalue weighted by molar-refractivity contribution is 7.19. The van der Waals surface area contributed by atoms with Crippen LogP contribution in [0.25, 0.3) is 10.2 Å². The number of hydrogen-bond donors (Lipinski definition) is 1. The summed E-state index contributed by atoms with van der Waals surface area (Å²) in [6, 6.07) is 6.52. The molecule has 3 nitrogen and oxygen atoms in total. The number of rotatable bonds is 3. The number of hydrogen-bond acceptors (Lipinski definition) is 4. The van der Waals surface area contributed by atoms with E-state index in [1.165, 1.54) is 15.4 Å². The van der Waals surface area contributed by atoms with Gasteiger partial charge in [0.15, 0.2) is 0 Å². The highest BCUT2D eigenvalue weighted by atomic mass is 32.1. The van der Waals surface area contributed by atoms with Crippen LogP contribution in [0.4, 0.5) is 5.69 Å². The Bertz CT molecular complexity index is 556. The zero-order chi connectivity index (χ0) is 13.2. The van der Waals surface area contributed by atoms with Gasteiger partial charge in [-0.2, -0.15) is 0 Å². The molecule has 0 amide bonds. The van der Waals surface area contributed by atoms with Gasteiger partial charge in [0, 0.05) is 32.6 Å². The van der Waals surface area contributed by atoms with Crippen molar-refractivity contribution in [2.24, 2.45) is 5.92 Å². The van der Waals surface area contributed by atoms with E-state index in [-0.39, 0.29) is 0 Å². The molecule has 102 valence electrons. The van der Waals surface area contributed by atoms with Crippen molar-refractivity contribution >= 4 is 27.2 Å². The molecule has 0 bridgehead atoms. The first-order valence-corrected chi connectivity index (χ1v) is 7.90. The molecular weight excluding hydrogens is 254 g/mol. The molecule has 2 aromatic rings. The Hall–Kier alpha value is -1.13. The molecule has 0 radical (unpaired) electrons. The summed E-state index contributed by atoms with van der Waals surface area (Å²) in [6.07, 6.45) is 1.08. The lowest BCUT2D eigenvalue weighted by molar-refractivity contribution is 0.590. The molecule has 1 fully saturated rings. The topological polar surface area (TPSA) is 28.2 Å². The third-order valence-electron chi connectivity index (χ3n) is 3.48. The highest BCUT2D eigenvalue weighted by Gasteiger charge is 2.15. The van der Waals surface area contributed by atoms with E-state index in [0.717, 1.165) is 38.1 Å². The molecule has 0 saturated carbocycles. The Kier molecular flexibility index (Phi) is 3.71. The average Bonchev–Trinajstić information content (AvgIpc) is 2.80. The number of aromatic nitrogens is 1. The number of fused-ring (bicyclic) bond motifs is 1. The Morgan fingerprint density at radius 1 is 1.32 bits per heavy atom. The van der Waals surface area contributed by atoms with E-state index in [4.69, 9.17) is 4.98 Å². The Balaban J connectivity index is 1.97. The van der Waals surface area contributed by atoms with Crippen molar-refractivity contribution in [3.63, 3.8) is 0 Å². The lowest BCUT2D eigenvalue weighted by Gasteiger charge is -2.29. The quantitative estimate of drug-likeness (QED) is 0.933. The van der Waals surface area contributed by atoms with E-state index >= 15 is 0 Å². The Morgan fingerprint density at radius 3 is 2.84 bits per heavy atom. The number of nitrogens with one attached hydrogen (secondary N) is 1. The summed E-state index contributed by atoms with van der Waals surface area (Å²) >= 11 is 1.87. The molecule has 1 aliphatic heterocycles. The summed E-state index contributed by atoms with van der Waals surface area (Å²) in [6.45, 7) is 8.85. The van der Waals surface area contributed by atoms with Crippen LogP contribution in [-0.4, -0.2) is 31.2 Å². The summed E-state index contributed by atoms with van der Waals surface area (Å²) in [4.78, 5) is 7.27. The SMILES string of the molecule is CC(C)Cc1nc2cccc(N3CCNCC3)c2s1. The summed E-state index contributed by atoms with van der Waals surface area (Å²) in [5.41, 5.74) is 2.53. The number of piperazine rings is 1. The van der Waals surface area contributed by atoms with Gasteiger partial charge in [-0.05, 0) is 18.1 Å². The van der Waals surface area contributed by atoms with Crippen LogP contribution in [-0.2, 0) is 6.42 Å². The van der Waals surface area contributed by atoms with Crippen LogP contribution >= 0.6 is 11.3 Å². The second kappa shape index (κ2) is 5.47. The Labute approximate surface area is 118 Å². The van der Waals surface area contributed by atoms with E-state index < -0.39 is 0 Å². The summed E-state index contributed by atoms with van der Waals surface area (Å²) in [5.74, 6) is 0.670. The molecule has 1 saturated heterocycles. The van der Waals surface area contributed by atoms with Gasteiger partial charge < -0.3 is 10.2 Å². The van der Waals surface area contributed by atoms with Gasteiger partial charge >= 0.3 is 0 Å². The van der Waals surface area contributed by atoms with Gasteiger partial charge in [0.1, 0.15) is 0 Å². The van der Waals surface area contributed by atoms with Gasteiger partial charge in [-0.3, -0.25) is 0 Å². The van der Waals surface area contributed by atoms with Crippen LogP contribution in [0.3, 0.4) is 0 Å². The Morgan fingerprint density at radius 2 is 2.11 bits per heavy atom. The van der Waals surface area contributed by atoms with Crippen LogP contribution in [0, 0.1) is 5.92 Å². The number of anilines is 1. The fourth-order valence-electron chi connectivity index (χ4n) is 2.57. The second-order valence-corrected chi connectivity index (χ2v) is 6.65. The highest BCUT2D eigenvalue weighted by Crippen LogP contribution is 2.33. The molecule has 3 rings (SSSR count). The zero-order valence-corrected chi connectivity index (χ0v) is 12.5. The zero-order valence-electron chi connectivity index (χ0n) is 11.6. The maximum atomic E-state index is 4.78. The average molecular weight is 275 g/mol. The van der Waals surface area contributed by atoms with E-state index in [9.17, 15) is 0 Å². The van der Waals surface area contributed by atoms with E-state index in [2.05, 4.69) is 42.3 Å². The van der Waals surface area contributed by atoms with Crippen molar-refractivity contribution in [2.75, 3.05) is 31.1 Å². The molecule has 1 aliphatic rings. The van der Waals surface area contributed by atoms with Crippen LogP contribution < -0.4 is 10.2 Å².